The molecule has 0 bridgehead atoms. The van der Waals surface area contributed by atoms with E-state index in [4.69, 9.17) is 0 Å². The molecular weight excluding hydrogens is 270 g/mol. The van der Waals surface area contributed by atoms with Crippen LogP contribution in [0.15, 0.2) is 78.2 Å². The summed E-state index contributed by atoms with van der Waals surface area (Å²) < 4.78 is 27.1. The van der Waals surface area contributed by atoms with Gasteiger partial charge in [0.25, 0.3) is 0 Å². The Kier molecular flexibility index (Phi) is 4.71. The summed E-state index contributed by atoms with van der Waals surface area (Å²) in [5, 5.41) is 0. The molecule has 0 saturated carbocycles. The predicted octanol–water partition coefficient (Wildman–Crippen LogP) is 2.76. The van der Waals surface area contributed by atoms with Crippen LogP contribution in [-0.2, 0) is 16.4 Å². The van der Waals surface area contributed by atoms with Gasteiger partial charge in [0.05, 0.1) is 4.90 Å². The molecule has 0 saturated heterocycles. The molecule has 0 aliphatic carbocycles. The second kappa shape index (κ2) is 6.50. The Hall–Kier alpha value is -1.91. The average molecular weight is 287 g/mol. The fourth-order valence-corrected chi connectivity index (χ4v) is 3.14. The number of nitrogens with one attached hydrogen (secondary N) is 1. The first kappa shape index (κ1) is 14.5. The lowest BCUT2D eigenvalue weighted by molar-refractivity contribution is 0.570. The quantitative estimate of drug-likeness (QED) is 0.830. The van der Waals surface area contributed by atoms with Gasteiger partial charge in [0.2, 0.25) is 10.0 Å². The molecule has 3 nitrogen and oxygen atoms in total. The van der Waals surface area contributed by atoms with Crippen molar-refractivity contribution in [1.82, 2.24) is 4.72 Å². The first-order valence-electron chi connectivity index (χ1n) is 6.36. The average Bonchev–Trinajstić information content (AvgIpc) is 2.48. The van der Waals surface area contributed by atoms with Gasteiger partial charge < -0.3 is 0 Å². The second-order valence-electron chi connectivity index (χ2n) is 4.47. The van der Waals surface area contributed by atoms with Crippen molar-refractivity contribution in [2.75, 3.05) is 0 Å². The van der Waals surface area contributed by atoms with E-state index in [-0.39, 0.29) is 10.9 Å². The normalized spacial score (nSPS) is 12.8. The minimum absolute atomic E-state index is 0.264. The van der Waals surface area contributed by atoms with Gasteiger partial charge in [0, 0.05) is 6.04 Å². The van der Waals surface area contributed by atoms with E-state index in [0.717, 1.165) is 5.56 Å². The van der Waals surface area contributed by atoms with E-state index in [1.54, 1.807) is 36.4 Å². The SMILES string of the molecule is C=C[C@H](Cc1ccccc1)NS(=O)(=O)c1ccccc1. The predicted molar refractivity (Wildman–Crippen MR) is 80.9 cm³/mol. The van der Waals surface area contributed by atoms with Crippen LogP contribution in [0.2, 0.25) is 0 Å². The van der Waals surface area contributed by atoms with Gasteiger partial charge in [-0.15, -0.1) is 6.58 Å². The maximum absolute atomic E-state index is 12.2. The summed E-state index contributed by atoms with van der Waals surface area (Å²) in [4.78, 5) is 0.264. The number of sulfonamides is 1. The fraction of sp³-hybridized carbons (Fsp3) is 0.125. The molecule has 0 aromatic heterocycles. The van der Waals surface area contributed by atoms with Crippen LogP contribution < -0.4 is 4.72 Å². The third kappa shape index (κ3) is 3.79. The topological polar surface area (TPSA) is 46.2 Å². The smallest absolute Gasteiger partial charge is 0.207 e. The summed E-state index contributed by atoms with van der Waals surface area (Å²) in [5.41, 5.74) is 1.06. The van der Waals surface area contributed by atoms with Crippen molar-refractivity contribution in [3.05, 3.63) is 78.9 Å². The first-order chi connectivity index (χ1) is 9.62. The molecule has 4 heteroatoms. The largest absolute Gasteiger partial charge is 0.241 e. The molecule has 1 N–H and O–H groups in total. The van der Waals surface area contributed by atoms with Crippen molar-refractivity contribution < 1.29 is 8.42 Å². The van der Waals surface area contributed by atoms with Crippen LogP contribution in [0.4, 0.5) is 0 Å². The van der Waals surface area contributed by atoms with Gasteiger partial charge in [-0.25, -0.2) is 13.1 Å². The molecule has 0 fully saturated rings. The molecular formula is C16H17NO2S. The van der Waals surface area contributed by atoms with Crippen molar-refractivity contribution in [2.24, 2.45) is 0 Å². The number of rotatable bonds is 6. The molecule has 2 aromatic rings. The summed E-state index contributed by atoms with van der Waals surface area (Å²) in [6, 6.07) is 17.7. The number of benzene rings is 2. The van der Waals surface area contributed by atoms with Gasteiger partial charge in [-0.05, 0) is 24.1 Å². The summed E-state index contributed by atoms with van der Waals surface area (Å²) in [6.45, 7) is 3.71. The molecule has 2 aromatic carbocycles. The number of hydrogen-bond donors (Lipinski definition) is 1. The van der Waals surface area contributed by atoms with E-state index in [1.165, 1.54) is 0 Å². The van der Waals surface area contributed by atoms with Crippen molar-refractivity contribution in [1.29, 1.82) is 0 Å². The molecule has 0 aliphatic rings. The summed E-state index contributed by atoms with van der Waals surface area (Å²) in [6.07, 6.45) is 2.20. The maximum Gasteiger partial charge on any atom is 0.241 e. The zero-order chi connectivity index (χ0) is 14.4. The van der Waals surface area contributed by atoms with E-state index in [2.05, 4.69) is 11.3 Å². The third-order valence-corrected chi connectivity index (χ3v) is 4.45. The molecule has 0 unspecified atom stereocenters. The number of hydrogen-bond acceptors (Lipinski definition) is 2. The van der Waals surface area contributed by atoms with Crippen molar-refractivity contribution in [2.45, 2.75) is 17.4 Å². The van der Waals surface area contributed by atoms with Gasteiger partial charge >= 0.3 is 0 Å². The first-order valence-corrected chi connectivity index (χ1v) is 7.84. The Balaban J connectivity index is 2.12. The van der Waals surface area contributed by atoms with E-state index in [1.807, 2.05) is 30.3 Å². The van der Waals surface area contributed by atoms with Crippen molar-refractivity contribution >= 4 is 10.0 Å². The Labute approximate surface area is 120 Å². The lowest BCUT2D eigenvalue weighted by Crippen LogP contribution is -2.34. The molecule has 0 heterocycles. The van der Waals surface area contributed by atoms with E-state index < -0.39 is 10.0 Å². The van der Waals surface area contributed by atoms with E-state index in [0.29, 0.717) is 6.42 Å². The van der Waals surface area contributed by atoms with E-state index in [9.17, 15) is 8.42 Å². The Morgan fingerprint density at radius 2 is 1.55 bits per heavy atom. The third-order valence-electron chi connectivity index (χ3n) is 2.94. The Morgan fingerprint density at radius 1 is 1.00 bits per heavy atom. The molecule has 0 radical (unpaired) electrons. The highest BCUT2D eigenvalue weighted by Crippen LogP contribution is 2.10. The zero-order valence-corrected chi connectivity index (χ0v) is 11.9. The minimum atomic E-state index is -3.51. The van der Waals surface area contributed by atoms with Crippen LogP contribution in [0.3, 0.4) is 0 Å². The van der Waals surface area contributed by atoms with Gasteiger partial charge in [-0.3, -0.25) is 0 Å². The summed E-state index contributed by atoms with van der Waals surface area (Å²) >= 11 is 0. The molecule has 0 aliphatic heterocycles. The second-order valence-corrected chi connectivity index (χ2v) is 6.18. The van der Waals surface area contributed by atoms with Crippen LogP contribution in [-0.4, -0.2) is 14.5 Å². The summed E-state index contributed by atoms with van der Waals surface area (Å²) in [7, 11) is -3.51. The van der Waals surface area contributed by atoms with E-state index >= 15 is 0 Å². The Morgan fingerprint density at radius 3 is 2.10 bits per heavy atom. The minimum Gasteiger partial charge on any atom is -0.207 e. The highest BCUT2D eigenvalue weighted by molar-refractivity contribution is 7.89. The fourth-order valence-electron chi connectivity index (χ4n) is 1.91. The summed E-state index contributed by atoms with van der Waals surface area (Å²) in [5.74, 6) is 0. The zero-order valence-electron chi connectivity index (χ0n) is 11.1. The molecule has 1 atom stereocenters. The Bertz CT molecular complexity index is 651. The van der Waals surface area contributed by atoms with Crippen LogP contribution in [0.25, 0.3) is 0 Å². The lowest BCUT2D eigenvalue weighted by Gasteiger charge is -2.15. The molecule has 20 heavy (non-hydrogen) atoms. The van der Waals surface area contributed by atoms with Gasteiger partial charge in [-0.2, -0.15) is 0 Å². The van der Waals surface area contributed by atoms with Crippen molar-refractivity contribution in [3.8, 4) is 0 Å². The standard InChI is InChI=1S/C16H17NO2S/c1-2-15(13-14-9-5-3-6-10-14)17-20(18,19)16-11-7-4-8-12-16/h2-12,15,17H,1,13H2/t15-/m1/s1. The van der Waals surface area contributed by atoms with Crippen LogP contribution in [0.1, 0.15) is 5.56 Å². The molecule has 2 rings (SSSR count). The van der Waals surface area contributed by atoms with Gasteiger partial charge in [0.1, 0.15) is 0 Å². The lowest BCUT2D eigenvalue weighted by atomic mass is 10.1. The monoisotopic (exact) mass is 287 g/mol. The maximum atomic E-state index is 12.2. The molecule has 0 spiro atoms. The van der Waals surface area contributed by atoms with Crippen molar-refractivity contribution in [3.63, 3.8) is 0 Å². The van der Waals surface area contributed by atoms with Gasteiger partial charge in [-0.1, -0.05) is 54.6 Å². The van der Waals surface area contributed by atoms with Gasteiger partial charge in [0.15, 0.2) is 0 Å². The van der Waals surface area contributed by atoms with Crippen LogP contribution in [0, 0.1) is 0 Å². The highest BCUT2D eigenvalue weighted by Gasteiger charge is 2.17. The molecule has 0 amide bonds. The van der Waals surface area contributed by atoms with Crippen LogP contribution >= 0.6 is 0 Å². The molecule has 104 valence electrons. The van der Waals surface area contributed by atoms with Crippen LogP contribution in [0.5, 0.6) is 0 Å². The highest BCUT2D eigenvalue weighted by atomic mass is 32.2.